The summed E-state index contributed by atoms with van der Waals surface area (Å²) >= 11 is 4.70. The SMILES string of the molecule is CCO[Si](CCCSSC(CC[Si](OCC)(OCC)OCC)[SiH2]S)(OCC)OCC. The van der Waals surface area contributed by atoms with Crippen molar-refractivity contribution in [3.63, 3.8) is 0 Å². The third-order valence-electron chi connectivity index (χ3n) is 4.08. The Morgan fingerprint density at radius 3 is 1.47 bits per heavy atom. The summed E-state index contributed by atoms with van der Waals surface area (Å²) in [4.78, 5) is 0.569. The maximum absolute atomic E-state index is 5.99. The van der Waals surface area contributed by atoms with Crippen LogP contribution in [0.1, 0.15) is 54.4 Å². The van der Waals surface area contributed by atoms with Gasteiger partial charge in [-0.25, -0.2) is 12.1 Å². The zero-order valence-corrected chi connectivity index (χ0v) is 25.7. The predicted octanol–water partition coefficient (Wildman–Crippen LogP) is 4.58. The van der Waals surface area contributed by atoms with Crippen LogP contribution in [0.2, 0.25) is 12.1 Å². The number of thiol groups is 1. The molecular formula is C18H44O6S3Si3. The van der Waals surface area contributed by atoms with Gasteiger partial charge in [-0.15, -0.1) is 0 Å². The summed E-state index contributed by atoms with van der Waals surface area (Å²) in [5.41, 5.74) is 0. The van der Waals surface area contributed by atoms with Gasteiger partial charge in [0.2, 0.25) is 0 Å². The van der Waals surface area contributed by atoms with Crippen LogP contribution in [0.15, 0.2) is 0 Å². The van der Waals surface area contributed by atoms with Crippen molar-refractivity contribution in [3.05, 3.63) is 0 Å². The highest BCUT2D eigenvalue weighted by Gasteiger charge is 2.41. The van der Waals surface area contributed by atoms with Crippen molar-refractivity contribution in [1.82, 2.24) is 0 Å². The lowest BCUT2D eigenvalue weighted by Gasteiger charge is -2.29. The Morgan fingerprint density at radius 2 is 1.10 bits per heavy atom. The van der Waals surface area contributed by atoms with E-state index in [4.69, 9.17) is 38.6 Å². The molecule has 0 aliphatic heterocycles. The molecule has 30 heavy (non-hydrogen) atoms. The molecule has 0 aromatic heterocycles. The third-order valence-corrected chi connectivity index (χ3v) is 17.7. The van der Waals surface area contributed by atoms with E-state index < -0.39 is 26.3 Å². The molecule has 0 radical (unpaired) electrons. The zero-order chi connectivity index (χ0) is 22.7. The van der Waals surface area contributed by atoms with E-state index in [0.717, 1.165) is 30.7 Å². The Bertz CT molecular complexity index is 368. The molecule has 0 amide bonds. The molecule has 12 heteroatoms. The van der Waals surface area contributed by atoms with Gasteiger partial charge in [0.05, 0.1) is 8.67 Å². The van der Waals surface area contributed by atoms with Crippen LogP contribution < -0.4 is 0 Å². The van der Waals surface area contributed by atoms with E-state index in [9.17, 15) is 0 Å². The first kappa shape index (κ1) is 31.5. The van der Waals surface area contributed by atoms with Gasteiger partial charge < -0.3 is 26.6 Å². The van der Waals surface area contributed by atoms with E-state index in [2.05, 4.69) is 0 Å². The topological polar surface area (TPSA) is 55.4 Å². The Morgan fingerprint density at radius 1 is 0.700 bits per heavy atom. The van der Waals surface area contributed by atoms with Crippen LogP contribution in [0, 0.1) is 0 Å². The molecule has 0 N–H and O–H groups in total. The van der Waals surface area contributed by atoms with E-state index in [0.29, 0.717) is 44.5 Å². The van der Waals surface area contributed by atoms with Gasteiger partial charge in [-0.05, 0) is 54.4 Å². The molecule has 6 nitrogen and oxygen atoms in total. The Balaban J connectivity index is 4.50. The molecule has 0 fully saturated rings. The smallest absolute Gasteiger partial charge is 0.374 e. The fourth-order valence-electron chi connectivity index (χ4n) is 3.00. The zero-order valence-electron chi connectivity index (χ0n) is 19.8. The minimum atomic E-state index is -2.56. The fourth-order valence-corrected chi connectivity index (χ4v) is 15.7. The van der Waals surface area contributed by atoms with Gasteiger partial charge in [-0.1, -0.05) is 21.6 Å². The lowest BCUT2D eigenvalue weighted by atomic mass is 10.6. The molecule has 0 aromatic rings. The van der Waals surface area contributed by atoms with E-state index >= 15 is 0 Å². The molecule has 0 aliphatic carbocycles. The van der Waals surface area contributed by atoms with Gasteiger partial charge in [-0.2, -0.15) is 0 Å². The summed E-state index contributed by atoms with van der Waals surface area (Å²) in [6.07, 6.45) is 2.06. The Labute approximate surface area is 202 Å². The summed E-state index contributed by atoms with van der Waals surface area (Å²) in [7, 11) is -1.64. The van der Waals surface area contributed by atoms with E-state index in [1.54, 1.807) is 0 Å². The minimum Gasteiger partial charge on any atom is -0.374 e. The van der Waals surface area contributed by atoms with Crippen LogP contribution in [0.4, 0.5) is 0 Å². The van der Waals surface area contributed by atoms with Gasteiger partial charge >= 0.3 is 17.6 Å². The molecule has 182 valence electrons. The van der Waals surface area contributed by atoms with Crippen LogP contribution in [-0.4, -0.2) is 76.5 Å². The van der Waals surface area contributed by atoms with Gasteiger partial charge in [-0.3, -0.25) is 0 Å². The largest absolute Gasteiger partial charge is 0.500 e. The highest BCUT2D eigenvalue weighted by Crippen LogP contribution is 2.33. The minimum absolute atomic E-state index is 0.442. The van der Waals surface area contributed by atoms with Crippen molar-refractivity contribution in [2.75, 3.05) is 45.4 Å². The van der Waals surface area contributed by atoms with Gasteiger partial charge in [0.1, 0.15) is 0 Å². The molecule has 1 atom stereocenters. The van der Waals surface area contributed by atoms with E-state index in [1.165, 1.54) is 0 Å². The average molecular weight is 537 g/mol. The maximum Gasteiger partial charge on any atom is 0.500 e. The molecule has 0 saturated heterocycles. The molecule has 0 aromatic carbocycles. The summed E-state index contributed by atoms with van der Waals surface area (Å²) in [6.45, 7) is 15.8. The van der Waals surface area contributed by atoms with Crippen molar-refractivity contribution < 1.29 is 26.6 Å². The van der Waals surface area contributed by atoms with Crippen molar-refractivity contribution >= 4 is 59.9 Å². The highest BCUT2D eigenvalue weighted by molar-refractivity contribution is 8.77. The first-order valence-corrected chi connectivity index (χ1v) is 20.8. The van der Waals surface area contributed by atoms with Gasteiger partial charge in [0, 0.05) is 62.4 Å². The van der Waals surface area contributed by atoms with Crippen molar-refractivity contribution in [2.45, 2.75) is 71.3 Å². The van der Waals surface area contributed by atoms with Gasteiger partial charge in [0.25, 0.3) is 0 Å². The van der Waals surface area contributed by atoms with E-state index in [-0.39, 0.29) is 0 Å². The van der Waals surface area contributed by atoms with Crippen LogP contribution in [0.5, 0.6) is 0 Å². The third kappa shape index (κ3) is 13.2. The molecular weight excluding hydrogens is 493 g/mol. The molecule has 0 aliphatic rings. The summed E-state index contributed by atoms with van der Waals surface area (Å²) in [6, 6.07) is 1.73. The van der Waals surface area contributed by atoms with Gasteiger partial charge in [0.15, 0.2) is 0 Å². The predicted molar refractivity (Wildman–Crippen MR) is 141 cm³/mol. The molecule has 0 saturated carbocycles. The Hall–Kier alpha value is 1.46. The molecule has 0 rings (SSSR count). The summed E-state index contributed by atoms with van der Waals surface area (Å²) < 4.78 is 35.8. The first-order valence-electron chi connectivity index (χ1n) is 11.2. The van der Waals surface area contributed by atoms with Crippen molar-refractivity contribution in [3.8, 4) is 0 Å². The Kier molecular flexibility index (Phi) is 20.9. The summed E-state index contributed by atoms with van der Waals surface area (Å²) in [5.74, 6) is 1.05. The van der Waals surface area contributed by atoms with E-state index in [1.807, 2.05) is 63.1 Å². The lowest BCUT2D eigenvalue weighted by molar-refractivity contribution is 0.0703. The number of hydrogen-bond donors (Lipinski definition) is 1. The van der Waals surface area contributed by atoms with Crippen molar-refractivity contribution in [2.24, 2.45) is 0 Å². The van der Waals surface area contributed by atoms with Crippen LogP contribution >= 0.6 is 33.7 Å². The van der Waals surface area contributed by atoms with Crippen LogP contribution in [0.25, 0.3) is 0 Å². The second-order valence-corrected chi connectivity index (χ2v) is 17.6. The molecule has 1 unspecified atom stereocenters. The normalized spacial score (nSPS) is 14.1. The summed E-state index contributed by atoms with van der Waals surface area (Å²) in [5, 5.41) is 0. The van der Waals surface area contributed by atoms with Crippen LogP contribution in [-0.2, 0) is 26.6 Å². The fraction of sp³-hybridized carbons (Fsp3) is 1.00. The second kappa shape index (κ2) is 19.9. The highest BCUT2D eigenvalue weighted by atomic mass is 33.1. The molecule has 0 heterocycles. The number of rotatable bonds is 22. The molecule has 0 bridgehead atoms. The second-order valence-electron chi connectivity index (χ2n) is 6.33. The molecule has 0 spiro atoms. The lowest BCUT2D eigenvalue weighted by Crippen LogP contribution is -2.46. The quantitative estimate of drug-likeness (QED) is 0.0934. The van der Waals surface area contributed by atoms with Crippen molar-refractivity contribution in [1.29, 1.82) is 0 Å². The van der Waals surface area contributed by atoms with Crippen LogP contribution in [0.3, 0.4) is 0 Å². The monoisotopic (exact) mass is 536 g/mol. The first-order chi connectivity index (χ1) is 14.5. The standard InChI is InChI=1S/C18H44O6S3Si3/c1-7-19-29(20-8-2,21-9-3)16-13-15-26-27-18(28-25)14-17-30(22-10-4,23-11-5)24-12-6/h18,25H,7-17,28H2,1-6H3. The maximum atomic E-state index is 5.99. The average Bonchev–Trinajstić information content (AvgIpc) is 2.71. The number of hydrogen-bond acceptors (Lipinski definition) is 9.